The van der Waals surface area contributed by atoms with Crippen molar-refractivity contribution in [1.29, 1.82) is 0 Å². The normalized spacial score (nSPS) is 16.2. The molecular weight excluding hydrogens is 366 g/mol. The van der Waals surface area contributed by atoms with Crippen molar-refractivity contribution < 1.29 is 14.6 Å². The van der Waals surface area contributed by atoms with Gasteiger partial charge < -0.3 is 19.3 Å². The summed E-state index contributed by atoms with van der Waals surface area (Å²) in [4.78, 5) is 44.6. The van der Waals surface area contributed by atoms with Gasteiger partial charge in [0.2, 0.25) is 5.95 Å². The van der Waals surface area contributed by atoms with Crippen molar-refractivity contribution in [2.75, 3.05) is 18.1 Å². The average Bonchev–Trinajstić information content (AvgIpc) is 3.06. The summed E-state index contributed by atoms with van der Waals surface area (Å²) >= 11 is 0. The number of carbonyl (C=O) groups is 1. The van der Waals surface area contributed by atoms with Gasteiger partial charge in [0.15, 0.2) is 11.2 Å². The van der Waals surface area contributed by atoms with Gasteiger partial charge in [-0.3, -0.25) is 14.3 Å². The predicted octanol–water partition coefficient (Wildman–Crippen LogP) is 0.113. The molecule has 0 unspecified atom stereocenters. The molecule has 0 spiro atoms. The minimum atomic E-state index is -0.744. The van der Waals surface area contributed by atoms with E-state index in [1.165, 1.54) is 11.6 Å². The van der Waals surface area contributed by atoms with Gasteiger partial charge in [0, 0.05) is 12.7 Å². The number of imidazole rings is 1. The van der Waals surface area contributed by atoms with E-state index in [1.54, 1.807) is 40.7 Å². The molecule has 3 heterocycles. The third-order valence-corrected chi connectivity index (χ3v) is 4.71. The average molecular weight is 385 g/mol. The van der Waals surface area contributed by atoms with E-state index in [0.717, 1.165) is 0 Å². The molecule has 0 bridgehead atoms. The van der Waals surface area contributed by atoms with E-state index in [9.17, 15) is 19.5 Å². The number of aliphatic hydroxyl groups is 1. The molecule has 0 fully saturated rings. The molecule has 0 radical (unpaired) electrons. The summed E-state index contributed by atoms with van der Waals surface area (Å²) in [7, 11) is 1.52. The van der Waals surface area contributed by atoms with E-state index >= 15 is 0 Å². The fraction of sp³-hybridized carbons (Fsp3) is 0.333. The number of hydrogen-bond donors (Lipinski definition) is 2. The standard InChI is InChI=1S/C18H19N5O5/c1-3-28-16(26)10-4-6-11(7-5-10)22-8-12(24)9-23-13-14(19-17(22)23)21(2)18(27)20-15(13)25/h4-7,12,24H,3,8-9H2,1-2H3,(H,20,25,27)/t12-/m0/s1. The Morgan fingerprint density at radius 3 is 2.68 bits per heavy atom. The Kier molecular flexibility index (Phi) is 4.27. The molecule has 2 N–H and O–H groups in total. The number of aryl methyl sites for hydroxylation is 1. The monoisotopic (exact) mass is 385 g/mol. The molecule has 1 atom stereocenters. The number of hydrogen-bond acceptors (Lipinski definition) is 7. The summed E-state index contributed by atoms with van der Waals surface area (Å²) in [6.45, 7) is 2.47. The highest BCUT2D eigenvalue weighted by atomic mass is 16.5. The van der Waals surface area contributed by atoms with Gasteiger partial charge in [-0.1, -0.05) is 0 Å². The van der Waals surface area contributed by atoms with Gasteiger partial charge >= 0.3 is 11.7 Å². The lowest BCUT2D eigenvalue weighted by atomic mass is 10.1. The number of esters is 1. The fourth-order valence-corrected chi connectivity index (χ4v) is 3.38. The lowest BCUT2D eigenvalue weighted by Crippen LogP contribution is -2.39. The molecule has 10 heteroatoms. The van der Waals surface area contributed by atoms with Gasteiger partial charge in [-0.15, -0.1) is 0 Å². The van der Waals surface area contributed by atoms with Crippen LogP contribution in [0, 0.1) is 0 Å². The minimum absolute atomic E-state index is 0.185. The second-order valence-corrected chi connectivity index (χ2v) is 6.54. The third kappa shape index (κ3) is 2.78. The summed E-state index contributed by atoms with van der Waals surface area (Å²) in [5.41, 5.74) is 0.456. The summed E-state index contributed by atoms with van der Waals surface area (Å²) < 4.78 is 7.84. The second-order valence-electron chi connectivity index (χ2n) is 6.54. The van der Waals surface area contributed by atoms with Crippen molar-refractivity contribution in [3.8, 4) is 0 Å². The summed E-state index contributed by atoms with van der Waals surface area (Å²) in [6, 6.07) is 6.70. The Balaban J connectivity index is 1.83. The molecule has 0 aliphatic carbocycles. The van der Waals surface area contributed by atoms with Crippen LogP contribution in [-0.4, -0.2) is 49.4 Å². The molecule has 1 aromatic carbocycles. The maximum Gasteiger partial charge on any atom is 0.338 e. The lowest BCUT2D eigenvalue weighted by molar-refractivity contribution is 0.0526. The van der Waals surface area contributed by atoms with E-state index in [1.807, 2.05) is 0 Å². The lowest BCUT2D eigenvalue weighted by Gasteiger charge is -2.32. The number of carbonyl (C=O) groups excluding carboxylic acids is 1. The molecule has 2 aromatic heterocycles. The van der Waals surface area contributed by atoms with Gasteiger partial charge in [-0.2, -0.15) is 4.98 Å². The molecule has 1 aliphatic rings. The fourth-order valence-electron chi connectivity index (χ4n) is 3.38. The van der Waals surface area contributed by atoms with Gasteiger partial charge in [0.1, 0.15) is 0 Å². The van der Waals surface area contributed by atoms with E-state index in [2.05, 4.69) is 9.97 Å². The molecule has 1 aliphatic heterocycles. The van der Waals surface area contributed by atoms with E-state index < -0.39 is 23.3 Å². The molecular formula is C18H19N5O5. The highest BCUT2D eigenvalue weighted by molar-refractivity contribution is 5.90. The molecule has 0 amide bonds. The van der Waals surface area contributed by atoms with Crippen molar-refractivity contribution in [2.24, 2.45) is 7.05 Å². The minimum Gasteiger partial charge on any atom is -0.462 e. The van der Waals surface area contributed by atoms with E-state index in [0.29, 0.717) is 17.2 Å². The Morgan fingerprint density at radius 2 is 2.00 bits per heavy atom. The SMILES string of the molecule is CCOC(=O)c1ccc(N2C[C@H](O)Cn3c2nc2c3c(=O)[nH]c(=O)n2C)cc1. The topological polar surface area (TPSA) is 122 Å². The van der Waals surface area contributed by atoms with Crippen molar-refractivity contribution >= 4 is 28.8 Å². The molecule has 146 valence electrons. The smallest absolute Gasteiger partial charge is 0.338 e. The molecule has 3 aromatic rings. The molecule has 0 saturated carbocycles. The first-order valence-corrected chi connectivity index (χ1v) is 8.83. The van der Waals surface area contributed by atoms with Crippen LogP contribution in [0.15, 0.2) is 33.9 Å². The Labute approximate surface area is 158 Å². The van der Waals surface area contributed by atoms with Crippen LogP contribution in [0.4, 0.5) is 11.6 Å². The number of ether oxygens (including phenoxy) is 1. The van der Waals surface area contributed by atoms with Crippen molar-refractivity contribution in [2.45, 2.75) is 19.6 Å². The van der Waals surface area contributed by atoms with Crippen molar-refractivity contribution in [3.63, 3.8) is 0 Å². The Morgan fingerprint density at radius 1 is 1.29 bits per heavy atom. The number of nitrogens with zero attached hydrogens (tertiary/aromatic N) is 4. The first-order valence-electron chi connectivity index (χ1n) is 8.83. The summed E-state index contributed by atoms with van der Waals surface area (Å²) in [5, 5.41) is 10.3. The number of H-pyrrole nitrogens is 1. The number of aromatic amines is 1. The highest BCUT2D eigenvalue weighted by Gasteiger charge is 2.29. The predicted molar refractivity (Wildman–Crippen MR) is 101 cm³/mol. The van der Waals surface area contributed by atoms with E-state index in [-0.39, 0.29) is 30.9 Å². The van der Waals surface area contributed by atoms with Crippen molar-refractivity contribution in [3.05, 3.63) is 50.7 Å². The number of benzene rings is 1. The zero-order chi connectivity index (χ0) is 20.0. The second kappa shape index (κ2) is 6.64. The molecule has 0 saturated heterocycles. The van der Waals surface area contributed by atoms with Crippen LogP contribution in [0.1, 0.15) is 17.3 Å². The van der Waals surface area contributed by atoms with Crippen LogP contribution < -0.4 is 16.1 Å². The number of fused-ring (bicyclic) bond motifs is 3. The van der Waals surface area contributed by atoms with Crippen LogP contribution in [0.25, 0.3) is 11.2 Å². The number of anilines is 2. The highest BCUT2D eigenvalue weighted by Crippen LogP contribution is 2.31. The van der Waals surface area contributed by atoms with Gasteiger partial charge in [0.25, 0.3) is 5.56 Å². The van der Waals surface area contributed by atoms with Crippen LogP contribution in [-0.2, 0) is 18.3 Å². The molecule has 10 nitrogen and oxygen atoms in total. The first kappa shape index (κ1) is 18.0. The zero-order valence-corrected chi connectivity index (χ0v) is 15.4. The molecule has 28 heavy (non-hydrogen) atoms. The first-order chi connectivity index (χ1) is 13.4. The van der Waals surface area contributed by atoms with Crippen LogP contribution in [0.5, 0.6) is 0 Å². The quantitative estimate of drug-likeness (QED) is 0.614. The third-order valence-electron chi connectivity index (χ3n) is 4.71. The number of aliphatic hydroxyl groups excluding tert-OH is 1. The largest absolute Gasteiger partial charge is 0.462 e. The maximum absolute atomic E-state index is 12.3. The molecule has 4 rings (SSSR count). The van der Waals surface area contributed by atoms with Crippen LogP contribution >= 0.6 is 0 Å². The number of nitrogens with one attached hydrogen (secondary N) is 1. The number of β-amino-alcohol motifs (C(OH)–C–C–N with tert-alkyl or cyclic N) is 1. The number of rotatable bonds is 3. The van der Waals surface area contributed by atoms with Crippen molar-refractivity contribution in [1.82, 2.24) is 19.1 Å². The Hall–Kier alpha value is -3.40. The zero-order valence-electron chi connectivity index (χ0n) is 15.4. The van der Waals surface area contributed by atoms with Crippen LogP contribution in [0.2, 0.25) is 0 Å². The number of aromatic nitrogens is 4. The summed E-state index contributed by atoms with van der Waals surface area (Å²) in [6.07, 6.45) is -0.744. The van der Waals surface area contributed by atoms with Gasteiger partial charge in [-0.25, -0.2) is 9.59 Å². The Bertz CT molecular complexity index is 1170. The maximum atomic E-state index is 12.3. The summed E-state index contributed by atoms with van der Waals surface area (Å²) in [5.74, 6) is 0.0254. The van der Waals surface area contributed by atoms with Gasteiger partial charge in [0.05, 0.1) is 31.4 Å². The van der Waals surface area contributed by atoms with Crippen LogP contribution in [0.3, 0.4) is 0 Å². The van der Waals surface area contributed by atoms with Gasteiger partial charge in [-0.05, 0) is 31.2 Å². The van der Waals surface area contributed by atoms with E-state index in [4.69, 9.17) is 4.74 Å².